The summed E-state index contributed by atoms with van der Waals surface area (Å²) in [6.45, 7) is -1.42. The summed E-state index contributed by atoms with van der Waals surface area (Å²) >= 11 is 0. The molecule has 1 aromatic carbocycles. The molecule has 0 radical (unpaired) electrons. The fourth-order valence-electron chi connectivity index (χ4n) is 2.62. The Hall–Kier alpha value is -2.42. The van der Waals surface area contributed by atoms with E-state index in [2.05, 4.69) is 5.32 Å². The van der Waals surface area contributed by atoms with Crippen LogP contribution in [0.1, 0.15) is 15.9 Å². The van der Waals surface area contributed by atoms with Crippen LogP contribution in [0.5, 0.6) is 0 Å². The number of nitrogens with one attached hydrogen (secondary N) is 1. The van der Waals surface area contributed by atoms with E-state index < -0.39 is 35.0 Å². The van der Waals surface area contributed by atoms with Gasteiger partial charge in [-0.05, 0) is 24.1 Å². The molecule has 1 aromatic heterocycles. The van der Waals surface area contributed by atoms with E-state index in [-0.39, 0.29) is 5.56 Å². The van der Waals surface area contributed by atoms with Crippen LogP contribution >= 0.6 is 0 Å². The molecule has 0 spiro atoms. The number of hydrogen-bond acceptors (Lipinski definition) is 3. The van der Waals surface area contributed by atoms with Crippen molar-refractivity contribution < 1.29 is 22.2 Å². The van der Waals surface area contributed by atoms with Gasteiger partial charge in [0.15, 0.2) is 0 Å². The SMILES string of the molecule is O=C(Nc1cccc2c1S(=O)CC2)c1ccn(CC(F)(F)F)c(=O)c1. The summed E-state index contributed by atoms with van der Waals surface area (Å²) in [6.07, 6.45) is -2.94. The Labute approximate surface area is 142 Å². The zero-order valence-corrected chi connectivity index (χ0v) is 13.6. The monoisotopic (exact) mass is 370 g/mol. The molecule has 0 fully saturated rings. The minimum absolute atomic E-state index is 0.0650. The predicted octanol–water partition coefficient (Wildman–Crippen LogP) is 2.33. The molecule has 132 valence electrons. The molecule has 0 aliphatic carbocycles. The first kappa shape index (κ1) is 17.4. The average Bonchev–Trinajstić information content (AvgIpc) is 2.90. The smallest absolute Gasteiger partial charge is 0.321 e. The first-order chi connectivity index (χ1) is 11.7. The number of pyridine rings is 1. The second-order valence-corrected chi connectivity index (χ2v) is 7.05. The third-order valence-corrected chi connectivity index (χ3v) is 5.25. The quantitative estimate of drug-likeness (QED) is 0.902. The van der Waals surface area contributed by atoms with Crippen molar-refractivity contribution in [2.24, 2.45) is 0 Å². The Morgan fingerprint density at radius 1 is 1.28 bits per heavy atom. The fourth-order valence-corrected chi connectivity index (χ4v) is 4.06. The highest BCUT2D eigenvalue weighted by molar-refractivity contribution is 7.85. The van der Waals surface area contributed by atoms with Crippen LogP contribution in [0.3, 0.4) is 0 Å². The topological polar surface area (TPSA) is 68.2 Å². The molecule has 1 unspecified atom stereocenters. The van der Waals surface area contributed by atoms with Crippen LogP contribution < -0.4 is 10.9 Å². The molecule has 3 rings (SSSR count). The Morgan fingerprint density at radius 2 is 2.04 bits per heavy atom. The second-order valence-electron chi connectivity index (χ2n) is 5.54. The molecular formula is C16H13F3N2O3S. The molecule has 2 heterocycles. The summed E-state index contributed by atoms with van der Waals surface area (Å²) in [5, 5.41) is 2.58. The lowest BCUT2D eigenvalue weighted by atomic mass is 10.1. The van der Waals surface area contributed by atoms with E-state index >= 15 is 0 Å². The Morgan fingerprint density at radius 3 is 2.72 bits per heavy atom. The summed E-state index contributed by atoms with van der Waals surface area (Å²) in [6, 6.07) is 7.14. The first-order valence-electron chi connectivity index (χ1n) is 7.33. The molecule has 0 saturated heterocycles. The van der Waals surface area contributed by atoms with Gasteiger partial charge in [-0.3, -0.25) is 13.8 Å². The number of hydrogen-bond donors (Lipinski definition) is 1. The fraction of sp³-hybridized carbons (Fsp3) is 0.250. The van der Waals surface area contributed by atoms with Crippen LogP contribution in [0, 0.1) is 0 Å². The van der Waals surface area contributed by atoms with Crippen LogP contribution in [-0.4, -0.2) is 26.6 Å². The highest BCUT2D eigenvalue weighted by Gasteiger charge is 2.28. The summed E-state index contributed by atoms with van der Waals surface area (Å²) < 4.78 is 49.6. The van der Waals surface area contributed by atoms with E-state index in [9.17, 15) is 27.0 Å². The molecule has 9 heteroatoms. The van der Waals surface area contributed by atoms with Gasteiger partial charge in [0.25, 0.3) is 11.5 Å². The number of carbonyl (C=O) groups is 1. The van der Waals surface area contributed by atoms with Gasteiger partial charge in [-0.2, -0.15) is 13.2 Å². The highest BCUT2D eigenvalue weighted by Crippen LogP contribution is 2.30. The van der Waals surface area contributed by atoms with Gasteiger partial charge in [-0.25, -0.2) is 0 Å². The van der Waals surface area contributed by atoms with Crippen LogP contribution in [-0.2, 0) is 23.8 Å². The lowest BCUT2D eigenvalue weighted by molar-refractivity contribution is -0.141. The summed E-state index contributed by atoms with van der Waals surface area (Å²) in [4.78, 5) is 24.6. The van der Waals surface area contributed by atoms with Crippen LogP contribution in [0.2, 0.25) is 0 Å². The van der Waals surface area contributed by atoms with Crippen molar-refractivity contribution in [3.63, 3.8) is 0 Å². The molecule has 5 nitrogen and oxygen atoms in total. The maximum absolute atomic E-state index is 12.4. The highest BCUT2D eigenvalue weighted by atomic mass is 32.2. The average molecular weight is 370 g/mol. The van der Waals surface area contributed by atoms with Gasteiger partial charge in [0.2, 0.25) is 0 Å². The third-order valence-electron chi connectivity index (χ3n) is 3.74. The number of benzene rings is 1. The van der Waals surface area contributed by atoms with Gasteiger partial charge in [-0.15, -0.1) is 0 Å². The van der Waals surface area contributed by atoms with Gasteiger partial charge in [0.1, 0.15) is 6.54 Å². The Bertz CT molecular complexity index is 922. The zero-order valence-electron chi connectivity index (χ0n) is 12.8. The van der Waals surface area contributed by atoms with Gasteiger partial charge in [-0.1, -0.05) is 12.1 Å². The standard InChI is InChI=1S/C16H13F3N2O3S/c17-16(18,19)9-21-6-4-11(8-13(21)22)15(23)20-12-3-1-2-10-5-7-25(24)14(10)12/h1-4,6,8H,5,7,9H2,(H,20,23). The second kappa shape index (κ2) is 6.47. The number of amides is 1. The van der Waals surface area contributed by atoms with Crippen LogP contribution in [0.25, 0.3) is 0 Å². The molecule has 0 bridgehead atoms. The molecule has 1 amide bonds. The summed E-state index contributed by atoms with van der Waals surface area (Å²) in [5.41, 5.74) is 0.284. The van der Waals surface area contributed by atoms with E-state index in [0.29, 0.717) is 27.3 Å². The maximum Gasteiger partial charge on any atom is 0.406 e. The first-order valence-corrected chi connectivity index (χ1v) is 8.65. The van der Waals surface area contributed by atoms with Gasteiger partial charge < -0.3 is 9.88 Å². The lowest BCUT2D eigenvalue weighted by Gasteiger charge is -2.11. The number of nitrogens with zero attached hydrogens (tertiary/aromatic N) is 1. The molecular weight excluding hydrogens is 357 g/mol. The van der Waals surface area contributed by atoms with Crippen molar-refractivity contribution in [1.82, 2.24) is 4.57 Å². The number of aromatic nitrogens is 1. The molecule has 2 aromatic rings. The number of fused-ring (bicyclic) bond motifs is 1. The number of anilines is 1. The molecule has 1 aliphatic rings. The summed E-state index contributed by atoms with van der Waals surface area (Å²) in [7, 11) is -1.21. The molecule has 25 heavy (non-hydrogen) atoms. The van der Waals surface area contributed by atoms with Gasteiger partial charge >= 0.3 is 6.18 Å². The minimum Gasteiger partial charge on any atom is -0.321 e. The van der Waals surface area contributed by atoms with E-state index in [1.807, 2.05) is 6.07 Å². The normalized spacial score (nSPS) is 16.5. The van der Waals surface area contributed by atoms with Crippen molar-refractivity contribution in [2.75, 3.05) is 11.1 Å². The number of carbonyl (C=O) groups excluding carboxylic acids is 1. The van der Waals surface area contributed by atoms with E-state index in [4.69, 9.17) is 0 Å². The van der Waals surface area contributed by atoms with Gasteiger partial charge in [0.05, 0.1) is 21.4 Å². The van der Waals surface area contributed by atoms with E-state index in [1.54, 1.807) is 12.1 Å². The number of halogens is 3. The molecule has 1 aliphatic heterocycles. The van der Waals surface area contributed by atoms with Crippen LogP contribution in [0.4, 0.5) is 18.9 Å². The largest absolute Gasteiger partial charge is 0.406 e. The molecule has 1 N–H and O–H groups in total. The van der Waals surface area contributed by atoms with Crippen molar-refractivity contribution >= 4 is 22.4 Å². The zero-order chi connectivity index (χ0) is 18.2. The molecule has 0 saturated carbocycles. The van der Waals surface area contributed by atoms with Gasteiger partial charge in [0, 0.05) is 23.6 Å². The predicted molar refractivity (Wildman–Crippen MR) is 86.1 cm³/mol. The van der Waals surface area contributed by atoms with E-state index in [1.165, 1.54) is 0 Å². The molecule has 1 atom stereocenters. The Kier molecular flexibility index (Phi) is 4.51. The number of alkyl halides is 3. The van der Waals surface area contributed by atoms with Crippen molar-refractivity contribution in [3.05, 3.63) is 58.0 Å². The van der Waals surface area contributed by atoms with E-state index in [0.717, 1.165) is 23.9 Å². The minimum atomic E-state index is -4.53. The summed E-state index contributed by atoms with van der Waals surface area (Å²) in [5.74, 6) is -0.163. The number of aryl methyl sites for hydroxylation is 1. The third kappa shape index (κ3) is 3.81. The van der Waals surface area contributed by atoms with Crippen molar-refractivity contribution in [3.8, 4) is 0 Å². The Balaban J connectivity index is 1.84. The van der Waals surface area contributed by atoms with Crippen LogP contribution in [0.15, 0.2) is 46.2 Å². The lowest BCUT2D eigenvalue weighted by Crippen LogP contribution is -2.28. The van der Waals surface area contributed by atoms with Crippen molar-refractivity contribution in [2.45, 2.75) is 24.0 Å². The van der Waals surface area contributed by atoms with Crippen molar-refractivity contribution in [1.29, 1.82) is 0 Å². The maximum atomic E-state index is 12.4. The number of rotatable bonds is 3.